The molecule has 0 radical (unpaired) electrons. The van der Waals surface area contributed by atoms with Gasteiger partial charge in [0.1, 0.15) is 0 Å². The van der Waals surface area contributed by atoms with Gasteiger partial charge >= 0.3 is 5.97 Å². The summed E-state index contributed by atoms with van der Waals surface area (Å²) in [5, 5.41) is 5.20. The number of amides is 1. The van der Waals surface area contributed by atoms with Crippen molar-refractivity contribution in [3.63, 3.8) is 0 Å². The van der Waals surface area contributed by atoms with E-state index in [1.54, 1.807) is 12.3 Å². The van der Waals surface area contributed by atoms with Gasteiger partial charge in [-0.25, -0.2) is 4.98 Å². The zero-order valence-electron chi connectivity index (χ0n) is 11.8. The molecule has 2 atom stereocenters. The van der Waals surface area contributed by atoms with E-state index in [0.717, 1.165) is 19.3 Å². The molecule has 110 valence electrons. The summed E-state index contributed by atoms with van der Waals surface area (Å²) in [5.41, 5.74) is 0.642. The quantitative estimate of drug-likeness (QED) is 0.848. The molecule has 1 saturated carbocycles. The molecule has 5 nitrogen and oxygen atoms in total. The van der Waals surface area contributed by atoms with Crippen molar-refractivity contribution in [3.05, 3.63) is 11.1 Å². The summed E-state index contributed by atoms with van der Waals surface area (Å²) in [6, 6.07) is 0. The van der Waals surface area contributed by atoms with E-state index in [0.29, 0.717) is 23.4 Å². The van der Waals surface area contributed by atoms with Crippen molar-refractivity contribution in [1.82, 2.24) is 4.98 Å². The maximum atomic E-state index is 12.1. The molecule has 1 aromatic heterocycles. The van der Waals surface area contributed by atoms with Crippen molar-refractivity contribution in [2.75, 3.05) is 11.9 Å². The lowest BCUT2D eigenvalue weighted by Crippen LogP contribution is -2.24. The smallest absolute Gasteiger partial charge is 0.311 e. The largest absolute Gasteiger partial charge is 0.466 e. The van der Waals surface area contributed by atoms with Gasteiger partial charge in [0.25, 0.3) is 0 Å². The van der Waals surface area contributed by atoms with Crippen LogP contribution >= 0.6 is 11.3 Å². The molecule has 20 heavy (non-hydrogen) atoms. The molecular formula is C14H20N2O3S. The van der Waals surface area contributed by atoms with E-state index >= 15 is 0 Å². The van der Waals surface area contributed by atoms with Gasteiger partial charge in [-0.1, -0.05) is 13.3 Å². The SMILES string of the molecule is CCOC(=O)Cc1csc(NC(=O)C2CCCC2C)n1. The minimum atomic E-state index is -0.292. The standard InChI is InChI=1S/C14H20N2O3S/c1-3-19-12(17)7-10-8-20-14(15-10)16-13(18)11-6-4-5-9(11)2/h8-9,11H,3-7H2,1-2H3,(H,15,16,18). The van der Waals surface area contributed by atoms with Crippen molar-refractivity contribution in [3.8, 4) is 0 Å². The number of carbonyl (C=O) groups is 2. The maximum absolute atomic E-state index is 12.1. The number of rotatable bonds is 5. The third-order valence-corrected chi connectivity index (χ3v) is 4.42. The van der Waals surface area contributed by atoms with E-state index < -0.39 is 0 Å². The highest BCUT2D eigenvalue weighted by atomic mass is 32.1. The molecule has 1 aromatic rings. The van der Waals surface area contributed by atoms with Gasteiger partial charge in [-0.3, -0.25) is 9.59 Å². The van der Waals surface area contributed by atoms with Gasteiger partial charge in [0.15, 0.2) is 5.13 Å². The average molecular weight is 296 g/mol. The highest BCUT2D eigenvalue weighted by Crippen LogP contribution is 2.32. The van der Waals surface area contributed by atoms with E-state index in [-0.39, 0.29) is 24.2 Å². The van der Waals surface area contributed by atoms with Crippen LogP contribution in [0.5, 0.6) is 0 Å². The van der Waals surface area contributed by atoms with Crippen molar-refractivity contribution < 1.29 is 14.3 Å². The zero-order valence-corrected chi connectivity index (χ0v) is 12.7. The third-order valence-electron chi connectivity index (χ3n) is 3.61. The number of thiazole rings is 1. The summed E-state index contributed by atoms with van der Waals surface area (Å²) >= 11 is 1.35. The lowest BCUT2D eigenvalue weighted by atomic mass is 9.97. The Balaban J connectivity index is 1.89. The topological polar surface area (TPSA) is 68.3 Å². The normalized spacial score (nSPS) is 21.7. The first kappa shape index (κ1) is 15.0. The fraction of sp³-hybridized carbons (Fsp3) is 0.643. The van der Waals surface area contributed by atoms with E-state index in [1.807, 2.05) is 0 Å². The molecule has 1 N–H and O–H groups in total. The van der Waals surface area contributed by atoms with Crippen LogP contribution in [0.4, 0.5) is 5.13 Å². The van der Waals surface area contributed by atoms with Crippen molar-refractivity contribution in [2.24, 2.45) is 11.8 Å². The number of hydrogen-bond acceptors (Lipinski definition) is 5. The molecule has 0 bridgehead atoms. The fourth-order valence-corrected chi connectivity index (χ4v) is 3.25. The first-order valence-corrected chi connectivity index (χ1v) is 7.89. The Morgan fingerprint density at radius 1 is 1.50 bits per heavy atom. The zero-order chi connectivity index (χ0) is 14.5. The van der Waals surface area contributed by atoms with E-state index in [1.165, 1.54) is 11.3 Å². The first-order valence-electron chi connectivity index (χ1n) is 7.01. The maximum Gasteiger partial charge on any atom is 0.311 e. The van der Waals surface area contributed by atoms with Crippen LogP contribution in [0.15, 0.2) is 5.38 Å². The second kappa shape index (κ2) is 6.83. The van der Waals surface area contributed by atoms with Gasteiger partial charge in [-0.05, 0) is 25.7 Å². The van der Waals surface area contributed by atoms with Gasteiger partial charge in [0, 0.05) is 11.3 Å². The summed E-state index contributed by atoms with van der Waals surface area (Å²) in [6.45, 7) is 4.25. The number of anilines is 1. The summed E-state index contributed by atoms with van der Waals surface area (Å²) in [6.07, 6.45) is 3.34. The Hall–Kier alpha value is -1.43. The van der Waals surface area contributed by atoms with Crippen molar-refractivity contribution in [1.29, 1.82) is 0 Å². The number of aromatic nitrogens is 1. The molecule has 6 heteroatoms. The molecular weight excluding hydrogens is 276 g/mol. The van der Waals surface area contributed by atoms with E-state index in [9.17, 15) is 9.59 Å². The van der Waals surface area contributed by atoms with Crippen LogP contribution in [0.1, 0.15) is 38.8 Å². The van der Waals surface area contributed by atoms with Crippen LogP contribution in [0.2, 0.25) is 0 Å². The molecule has 1 fully saturated rings. The van der Waals surface area contributed by atoms with Gasteiger partial charge < -0.3 is 10.1 Å². The Morgan fingerprint density at radius 2 is 2.30 bits per heavy atom. The second-order valence-electron chi connectivity index (χ2n) is 5.13. The minimum Gasteiger partial charge on any atom is -0.466 e. The Kier molecular flexibility index (Phi) is 5.11. The number of nitrogens with one attached hydrogen (secondary N) is 1. The second-order valence-corrected chi connectivity index (χ2v) is 5.99. The Bertz CT molecular complexity index is 487. The minimum absolute atomic E-state index is 0.0482. The molecule has 0 aliphatic heterocycles. The van der Waals surface area contributed by atoms with E-state index in [2.05, 4.69) is 17.2 Å². The molecule has 2 unspecified atom stereocenters. The Labute approximate surface area is 122 Å². The molecule has 1 heterocycles. The Morgan fingerprint density at radius 3 is 2.95 bits per heavy atom. The lowest BCUT2D eigenvalue weighted by molar-refractivity contribution is -0.142. The van der Waals surface area contributed by atoms with Crippen molar-refractivity contribution in [2.45, 2.75) is 39.5 Å². The average Bonchev–Trinajstić information content (AvgIpc) is 2.99. The van der Waals surface area contributed by atoms with Crippen LogP contribution in [0, 0.1) is 11.8 Å². The van der Waals surface area contributed by atoms with Crippen molar-refractivity contribution >= 4 is 28.3 Å². The molecule has 1 amide bonds. The van der Waals surface area contributed by atoms with E-state index in [4.69, 9.17) is 4.74 Å². The van der Waals surface area contributed by atoms with Gasteiger partial charge in [0.05, 0.1) is 18.7 Å². The highest BCUT2D eigenvalue weighted by molar-refractivity contribution is 7.13. The molecule has 2 rings (SSSR count). The molecule has 0 spiro atoms. The first-order chi connectivity index (χ1) is 9.60. The fourth-order valence-electron chi connectivity index (χ4n) is 2.54. The number of carbonyl (C=O) groups excluding carboxylic acids is 2. The number of hydrogen-bond donors (Lipinski definition) is 1. The molecule has 0 saturated heterocycles. The highest BCUT2D eigenvalue weighted by Gasteiger charge is 2.30. The molecule has 1 aliphatic carbocycles. The number of ether oxygens (including phenoxy) is 1. The monoisotopic (exact) mass is 296 g/mol. The molecule has 1 aliphatic rings. The van der Waals surface area contributed by atoms with Gasteiger partial charge in [0.2, 0.25) is 5.91 Å². The van der Waals surface area contributed by atoms with Gasteiger partial charge in [-0.15, -0.1) is 11.3 Å². The van der Waals surface area contributed by atoms with Crippen LogP contribution < -0.4 is 5.32 Å². The van der Waals surface area contributed by atoms with Crippen LogP contribution in [0.3, 0.4) is 0 Å². The predicted molar refractivity (Wildman–Crippen MR) is 77.6 cm³/mol. The summed E-state index contributed by atoms with van der Waals surface area (Å²) in [7, 11) is 0. The van der Waals surface area contributed by atoms with Crippen LogP contribution in [0.25, 0.3) is 0 Å². The number of esters is 1. The summed E-state index contributed by atoms with van der Waals surface area (Å²) in [4.78, 5) is 27.7. The van der Waals surface area contributed by atoms with Crippen LogP contribution in [-0.4, -0.2) is 23.5 Å². The third kappa shape index (κ3) is 3.79. The number of nitrogens with zero attached hydrogens (tertiary/aromatic N) is 1. The summed E-state index contributed by atoms with van der Waals surface area (Å²) in [5.74, 6) is 0.286. The van der Waals surface area contributed by atoms with Gasteiger partial charge in [-0.2, -0.15) is 0 Å². The predicted octanol–water partition coefficient (Wildman–Crippen LogP) is 2.62. The molecule has 0 aromatic carbocycles. The van der Waals surface area contributed by atoms with Crippen LogP contribution in [-0.2, 0) is 20.7 Å². The summed E-state index contributed by atoms with van der Waals surface area (Å²) < 4.78 is 4.87. The lowest BCUT2D eigenvalue weighted by Gasteiger charge is -2.13.